The van der Waals surface area contributed by atoms with Crippen LogP contribution in [0.5, 0.6) is 34.5 Å². The van der Waals surface area contributed by atoms with Gasteiger partial charge in [-0.1, -0.05) is 0 Å². The third-order valence-electron chi connectivity index (χ3n) is 6.05. The lowest BCUT2D eigenvalue weighted by Crippen LogP contribution is -2.60. The van der Waals surface area contributed by atoms with E-state index in [9.17, 15) is 40.2 Å². The Kier molecular flexibility index (Phi) is 7.74. The summed E-state index contributed by atoms with van der Waals surface area (Å²) in [5, 5.41) is 61.6. The Morgan fingerprint density at radius 3 is 2.31 bits per heavy atom. The number of phenols is 2. The van der Waals surface area contributed by atoms with Crippen LogP contribution < -0.4 is 19.6 Å². The standard InChI is InChI=1S/C25H26O14/c1-9(26)36-8-15-17(29)19(31)21(33)25(38-15)37-14-7-12(28)16-18(30)20(32)22(39-24(16)23(14)35-3)10-4-5-11(27)13(6-10)34-2/h4-7,15,17,19,21,25,27-29,31-33H,8H2,1-3H3/t15-,17+,19+,21-,25+/m1/s1. The van der Waals surface area contributed by atoms with Crippen LogP contribution in [0.1, 0.15) is 6.92 Å². The minimum absolute atomic E-state index is 0.0222. The van der Waals surface area contributed by atoms with Crippen LogP contribution in [0.4, 0.5) is 0 Å². The summed E-state index contributed by atoms with van der Waals surface area (Å²) in [6, 6.07) is 4.83. The van der Waals surface area contributed by atoms with Crippen LogP contribution in [0.25, 0.3) is 22.3 Å². The zero-order valence-corrected chi connectivity index (χ0v) is 20.9. The average molecular weight is 550 g/mol. The largest absolute Gasteiger partial charge is 0.507 e. The number of carbonyl (C=O) groups is 1. The molecular weight excluding hydrogens is 524 g/mol. The summed E-state index contributed by atoms with van der Waals surface area (Å²) >= 11 is 0. The van der Waals surface area contributed by atoms with Crippen molar-refractivity contribution in [3.63, 3.8) is 0 Å². The smallest absolute Gasteiger partial charge is 0.302 e. The molecule has 5 atom stereocenters. The minimum Gasteiger partial charge on any atom is -0.507 e. The van der Waals surface area contributed by atoms with Crippen molar-refractivity contribution in [1.29, 1.82) is 0 Å². The van der Waals surface area contributed by atoms with E-state index in [0.29, 0.717) is 0 Å². The van der Waals surface area contributed by atoms with Crippen LogP contribution in [0.15, 0.2) is 33.5 Å². The first-order valence-corrected chi connectivity index (χ1v) is 11.4. The molecule has 6 N–H and O–H groups in total. The predicted octanol–water partition coefficient (Wildman–Crippen LogP) is 0.343. The van der Waals surface area contributed by atoms with E-state index in [1.54, 1.807) is 0 Å². The van der Waals surface area contributed by atoms with E-state index in [-0.39, 0.29) is 39.9 Å². The lowest BCUT2D eigenvalue weighted by atomic mass is 9.99. The third-order valence-corrected chi connectivity index (χ3v) is 6.05. The summed E-state index contributed by atoms with van der Waals surface area (Å²) in [5.74, 6) is -3.34. The monoisotopic (exact) mass is 550 g/mol. The number of phenolic OH excluding ortho intramolecular Hbond substituents is 2. The molecular formula is C25H26O14. The number of esters is 1. The summed E-state index contributed by atoms with van der Waals surface area (Å²) in [6.45, 7) is 0.666. The van der Waals surface area contributed by atoms with Crippen molar-refractivity contribution in [1.82, 2.24) is 0 Å². The number of benzene rings is 2. The number of rotatable bonds is 7. The molecule has 1 aliphatic heterocycles. The molecule has 1 saturated heterocycles. The van der Waals surface area contributed by atoms with Crippen LogP contribution in [0.3, 0.4) is 0 Å². The third kappa shape index (κ3) is 5.09. The van der Waals surface area contributed by atoms with E-state index in [1.807, 2.05) is 0 Å². The summed E-state index contributed by atoms with van der Waals surface area (Å²) in [4.78, 5) is 24.2. The lowest BCUT2D eigenvalue weighted by molar-refractivity contribution is -0.278. The number of ether oxygens (including phenoxy) is 5. The van der Waals surface area contributed by atoms with Gasteiger partial charge in [0, 0.05) is 18.6 Å². The Bertz CT molecular complexity index is 1450. The quantitative estimate of drug-likeness (QED) is 0.219. The van der Waals surface area contributed by atoms with Crippen LogP contribution >= 0.6 is 0 Å². The minimum atomic E-state index is -1.80. The predicted molar refractivity (Wildman–Crippen MR) is 130 cm³/mol. The number of fused-ring (bicyclic) bond motifs is 1. The second kappa shape index (κ2) is 10.9. The molecule has 210 valence electrons. The zero-order chi connectivity index (χ0) is 28.6. The van der Waals surface area contributed by atoms with Crippen molar-refractivity contribution in [2.24, 2.45) is 0 Å². The van der Waals surface area contributed by atoms with Crippen LogP contribution in [-0.4, -0.2) is 88.1 Å². The Labute approximate surface area is 219 Å². The van der Waals surface area contributed by atoms with Crippen LogP contribution in [0.2, 0.25) is 0 Å². The Morgan fingerprint density at radius 2 is 1.67 bits per heavy atom. The van der Waals surface area contributed by atoms with Gasteiger partial charge in [0.15, 0.2) is 28.6 Å². The number of aliphatic hydroxyl groups is 3. The maximum absolute atomic E-state index is 13.0. The molecule has 2 heterocycles. The summed E-state index contributed by atoms with van der Waals surface area (Å²) < 4.78 is 32.2. The van der Waals surface area contributed by atoms with Crippen molar-refractivity contribution >= 4 is 16.9 Å². The van der Waals surface area contributed by atoms with Crippen molar-refractivity contribution in [3.8, 4) is 45.8 Å². The molecule has 2 aromatic carbocycles. The first-order valence-electron chi connectivity index (χ1n) is 11.4. The maximum Gasteiger partial charge on any atom is 0.302 e. The van der Waals surface area contributed by atoms with E-state index in [4.69, 9.17) is 28.1 Å². The van der Waals surface area contributed by atoms with Crippen molar-refractivity contribution < 1.29 is 63.5 Å². The fourth-order valence-corrected chi connectivity index (χ4v) is 4.06. The van der Waals surface area contributed by atoms with Gasteiger partial charge in [0.2, 0.25) is 23.2 Å². The van der Waals surface area contributed by atoms with E-state index in [2.05, 4.69) is 0 Å². The zero-order valence-electron chi connectivity index (χ0n) is 20.9. The van der Waals surface area contributed by atoms with Gasteiger partial charge < -0.3 is 58.7 Å². The van der Waals surface area contributed by atoms with Crippen molar-refractivity contribution in [2.45, 2.75) is 37.6 Å². The van der Waals surface area contributed by atoms with Crippen molar-refractivity contribution in [3.05, 3.63) is 34.5 Å². The molecule has 0 radical (unpaired) electrons. The number of hydrogen-bond donors (Lipinski definition) is 6. The average Bonchev–Trinajstić information content (AvgIpc) is 2.90. The molecule has 0 aliphatic carbocycles. The molecule has 0 saturated carbocycles. The Hall–Kier alpha value is -4.24. The number of aliphatic hydroxyl groups excluding tert-OH is 3. The first-order chi connectivity index (χ1) is 18.5. The molecule has 14 heteroatoms. The van der Waals surface area contributed by atoms with Gasteiger partial charge in [-0.15, -0.1) is 0 Å². The number of carbonyl (C=O) groups excluding carboxylic acids is 1. The number of methoxy groups -OCH3 is 2. The molecule has 3 aromatic rings. The highest BCUT2D eigenvalue weighted by Gasteiger charge is 2.46. The van der Waals surface area contributed by atoms with Gasteiger partial charge in [0.25, 0.3) is 0 Å². The fourth-order valence-electron chi connectivity index (χ4n) is 4.06. The van der Waals surface area contributed by atoms with Crippen LogP contribution in [-0.2, 0) is 14.3 Å². The highest BCUT2D eigenvalue weighted by molar-refractivity contribution is 5.93. The molecule has 0 unspecified atom stereocenters. The van der Waals surface area contributed by atoms with Gasteiger partial charge in [0.05, 0.1) is 14.2 Å². The molecule has 1 fully saturated rings. The second-order valence-electron chi connectivity index (χ2n) is 8.56. The van der Waals surface area contributed by atoms with E-state index < -0.39 is 65.6 Å². The molecule has 39 heavy (non-hydrogen) atoms. The molecule has 1 aromatic heterocycles. The van der Waals surface area contributed by atoms with E-state index in [0.717, 1.165) is 13.0 Å². The summed E-state index contributed by atoms with van der Waals surface area (Å²) in [6.07, 6.45) is -8.15. The maximum atomic E-state index is 13.0. The van der Waals surface area contributed by atoms with Crippen molar-refractivity contribution in [2.75, 3.05) is 20.8 Å². The molecule has 0 bridgehead atoms. The summed E-state index contributed by atoms with van der Waals surface area (Å²) in [5.41, 5.74) is -1.25. The summed E-state index contributed by atoms with van der Waals surface area (Å²) in [7, 11) is 2.49. The molecule has 1 aliphatic rings. The fraction of sp³-hybridized carbons (Fsp3) is 0.360. The number of aromatic hydroxyl groups is 3. The molecule has 0 spiro atoms. The van der Waals surface area contributed by atoms with E-state index >= 15 is 0 Å². The topological polar surface area (TPSA) is 215 Å². The normalized spacial score (nSPS) is 22.9. The Morgan fingerprint density at radius 1 is 0.949 bits per heavy atom. The van der Waals surface area contributed by atoms with Gasteiger partial charge in [-0.05, 0) is 18.2 Å². The second-order valence-corrected chi connectivity index (χ2v) is 8.56. The van der Waals surface area contributed by atoms with Gasteiger partial charge in [0.1, 0.15) is 42.2 Å². The van der Waals surface area contributed by atoms with Gasteiger partial charge in [-0.3, -0.25) is 9.59 Å². The number of hydrogen-bond acceptors (Lipinski definition) is 14. The highest BCUT2D eigenvalue weighted by atomic mass is 16.7. The lowest BCUT2D eigenvalue weighted by Gasteiger charge is -2.40. The first kappa shape index (κ1) is 27.8. The van der Waals surface area contributed by atoms with Gasteiger partial charge >= 0.3 is 5.97 Å². The SMILES string of the molecule is COc1cc(-c2oc3c(OC)c(O[C@H]4O[C@H](COC(C)=O)[C@H](O)[C@H](O)[C@H]4O)cc(O)c3c(=O)c2O)ccc1O. The molecule has 14 nitrogen and oxygen atoms in total. The highest BCUT2D eigenvalue weighted by Crippen LogP contribution is 2.44. The van der Waals surface area contributed by atoms with E-state index in [1.165, 1.54) is 32.4 Å². The molecule has 4 rings (SSSR count). The van der Waals surface area contributed by atoms with Gasteiger partial charge in [-0.25, -0.2) is 0 Å². The Balaban J connectivity index is 1.81. The molecule has 0 amide bonds. The van der Waals surface area contributed by atoms with Crippen LogP contribution in [0, 0.1) is 0 Å². The van der Waals surface area contributed by atoms with Gasteiger partial charge in [-0.2, -0.15) is 0 Å².